The minimum atomic E-state index is -0.314. The lowest BCUT2D eigenvalue weighted by atomic mass is 9.78. The zero-order valence-corrected chi connectivity index (χ0v) is 12.7. The van der Waals surface area contributed by atoms with Gasteiger partial charge >= 0.3 is 5.69 Å². The van der Waals surface area contributed by atoms with E-state index in [9.17, 15) is 10.1 Å². The molecule has 1 aromatic rings. The first kappa shape index (κ1) is 14.8. The molecule has 6 nitrogen and oxygen atoms in total. The van der Waals surface area contributed by atoms with Crippen LogP contribution in [0.2, 0.25) is 0 Å². The number of nitro groups is 1. The minimum Gasteiger partial charge on any atom is -0.362 e. The van der Waals surface area contributed by atoms with Gasteiger partial charge in [0.1, 0.15) is 5.69 Å². The molecular formula is C14H24N4O2. The summed E-state index contributed by atoms with van der Waals surface area (Å²) in [6.07, 6.45) is 4.06. The summed E-state index contributed by atoms with van der Waals surface area (Å²) in [4.78, 5) is 11.0. The van der Waals surface area contributed by atoms with Crippen molar-refractivity contribution in [1.29, 1.82) is 0 Å². The first-order valence-electron chi connectivity index (χ1n) is 7.42. The highest BCUT2D eigenvalue weighted by Gasteiger charge is 2.32. The van der Waals surface area contributed by atoms with Crippen molar-refractivity contribution in [1.82, 2.24) is 9.78 Å². The van der Waals surface area contributed by atoms with Crippen LogP contribution in [0.25, 0.3) is 0 Å². The molecule has 1 aliphatic carbocycles. The third kappa shape index (κ3) is 2.64. The van der Waals surface area contributed by atoms with E-state index in [1.165, 1.54) is 12.8 Å². The van der Waals surface area contributed by atoms with Gasteiger partial charge in [-0.3, -0.25) is 10.1 Å². The number of anilines is 1. The van der Waals surface area contributed by atoms with Crippen LogP contribution in [0, 0.1) is 22.0 Å². The van der Waals surface area contributed by atoms with Crippen LogP contribution in [-0.2, 0) is 13.5 Å². The molecule has 20 heavy (non-hydrogen) atoms. The quantitative estimate of drug-likeness (QED) is 0.679. The molecule has 1 N–H and O–H groups in total. The molecule has 1 heterocycles. The highest BCUT2D eigenvalue weighted by Crippen LogP contribution is 2.35. The first-order valence-corrected chi connectivity index (χ1v) is 7.42. The van der Waals surface area contributed by atoms with Crippen LogP contribution in [-0.4, -0.2) is 20.7 Å². The molecule has 0 aliphatic heterocycles. The van der Waals surface area contributed by atoms with E-state index >= 15 is 0 Å². The third-order valence-corrected chi connectivity index (χ3v) is 4.64. The molecule has 2 rings (SSSR count). The smallest absolute Gasteiger partial charge is 0.333 e. The van der Waals surface area contributed by atoms with Crippen molar-refractivity contribution in [3.8, 4) is 0 Å². The summed E-state index contributed by atoms with van der Waals surface area (Å²) in [5, 5.41) is 19.0. The molecule has 1 aromatic heterocycles. The molecule has 3 atom stereocenters. The van der Waals surface area contributed by atoms with Gasteiger partial charge in [0.05, 0.1) is 4.92 Å². The van der Waals surface area contributed by atoms with Crippen LogP contribution in [0.5, 0.6) is 0 Å². The number of hydrogen-bond acceptors (Lipinski definition) is 4. The summed E-state index contributed by atoms with van der Waals surface area (Å²) in [5.41, 5.74) is 0.692. The fourth-order valence-electron chi connectivity index (χ4n) is 3.12. The maximum absolute atomic E-state index is 11.3. The molecule has 1 aliphatic rings. The lowest BCUT2D eigenvalue weighted by Crippen LogP contribution is -2.35. The van der Waals surface area contributed by atoms with Gasteiger partial charge in [-0.15, -0.1) is 0 Å². The topological polar surface area (TPSA) is 73.0 Å². The van der Waals surface area contributed by atoms with E-state index in [-0.39, 0.29) is 16.7 Å². The molecule has 0 saturated heterocycles. The number of rotatable bonds is 4. The predicted molar refractivity (Wildman–Crippen MR) is 78.8 cm³/mol. The minimum absolute atomic E-state index is 0.139. The fourth-order valence-corrected chi connectivity index (χ4v) is 3.12. The van der Waals surface area contributed by atoms with Crippen molar-refractivity contribution < 1.29 is 4.92 Å². The van der Waals surface area contributed by atoms with Gasteiger partial charge in [0.15, 0.2) is 0 Å². The largest absolute Gasteiger partial charge is 0.362 e. The van der Waals surface area contributed by atoms with Gasteiger partial charge in [-0.1, -0.05) is 33.6 Å². The second kappa shape index (κ2) is 5.81. The van der Waals surface area contributed by atoms with Crippen molar-refractivity contribution >= 4 is 11.5 Å². The number of aryl methyl sites for hydroxylation is 2. The fraction of sp³-hybridized carbons (Fsp3) is 0.786. The van der Waals surface area contributed by atoms with E-state index in [0.29, 0.717) is 29.8 Å². The Hall–Kier alpha value is -1.59. The summed E-state index contributed by atoms with van der Waals surface area (Å²) in [6, 6.07) is 0.289. The third-order valence-electron chi connectivity index (χ3n) is 4.64. The van der Waals surface area contributed by atoms with Crippen LogP contribution in [0.3, 0.4) is 0 Å². The van der Waals surface area contributed by atoms with E-state index in [4.69, 9.17) is 0 Å². The Morgan fingerprint density at radius 1 is 1.45 bits per heavy atom. The zero-order chi connectivity index (χ0) is 14.9. The molecule has 0 aromatic carbocycles. The van der Waals surface area contributed by atoms with Crippen LogP contribution in [0.1, 0.15) is 45.7 Å². The summed E-state index contributed by atoms with van der Waals surface area (Å²) < 4.78 is 1.61. The number of hydrogen-bond donors (Lipinski definition) is 1. The van der Waals surface area contributed by atoms with Crippen molar-refractivity contribution in [3.05, 3.63) is 15.8 Å². The summed E-state index contributed by atoms with van der Waals surface area (Å²) in [7, 11) is 1.77. The molecule has 6 heteroatoms. The Morgan fingerprint density at radius 2 is 2.15 bits per heavy atom. The van der Waals surface area contributed by atoms with Gasteiger partial charge in [-0.25, -0.2) is 4.68 Å². The molecule has 3 unspecified atom stereocenters. The van der Waals surface area contributed by atoms with Crippen molar-refractivity contribution in [2.45, 2.75) is 52.5 Å². The van der Waals surface area contributed by atoms with Gasteiger partial charge in [-0.05, 0) is 24.7 Å². The standard InChI is InChI=1S/C14H24N4O2/c1-5-11-13(18(19)20)14(17(4)16-11)15-12-8-6-7-9(2)10(12)3/h9-10,12,15H,5-8H2,1-4H3. The Kier molecular flexibility index (Phi) is 4.30. The highest BCUT2D eigenvalue weighted by atomic mass is 16.6. The molecule has 0 spiro atoms. The Morgan fingerprint density at radius 3 is 2.75 bits per heavy atom. The zero-order valence-electron chi connectivity index (χ0n) is 12.7. The molecule has 1 saturated carbocycles. The average molecular weight is 280 g/mol. The van der Waals surface area contributed by atoms with Gasteiger partial charge in [0.2, 0.25) is 5.82 Å². The summed E-state index contributed by atoms with van der Waals surface area (Å²) in [6.45, 7) is 6.38. The van der Waals surface area contributed by atoms with Gasteiger partial charge < -0.3 is 5.32 Å². The van der Waals surface area contributed by atoms with E-state index in [2.05, 4.69) is 24.3 Å². The molecule has 0 bridgehead atoms. The SMILES string of the molecule is CCc1nn(C)c(NC2CCCC(C)C2C)c1[N+](=O)[O-]. The maximum atomic E-state index is 11.3. The number of nitrogens with one attached hydrogen (secondary N) is 1. The van der Waals surface area contributed by atoms with E-state index in [1.807, 2.05) is 6.92 Å². The normalized spacial score (nSPS) is 26.5. The van der Waals surface area contributed by atoms with Gasteiger partial charge in [-0.2, -0.15) is 5.10 Å². The molecule has 112 valence electrons. The molecule has 0 radical (unpaired) electrons. The van der Waals surface area contributed by atoms with Crippen LogP contribution < -0.4 is 5.32 Å². The Labute approximate surface area is 119 Å². The van der Waals surface area contributed by atoms with Gasteiger partial charge in [0, 0.05) is 13.1 Å². The maximum Gasteiger partial charge on any atom is 0.333 e. The highest BCUT2D eigenvalue weighted by molar-refractivity contribution is 5.60. The van der Waals surface area contributed by atoms with E-state index in [1.54, 1.807) is 11.7 Å². The van der Waals surface area contributed by atoms with Gasteiger partial charge in [0.25, 0.3) is 0 Å². The second-order valence-corrected chi connectivity index (χ2v) is 5.90. The van der Waals surface area contributed by atoms with Crippen molar-refractivity contribution in [3.63, 3.8) is 0 Å². The van der Waals surface area contributed by atoms with Crippen LogP contribution in [0.4, 0.5) is 11.5 Å². The second-order valence-electron chi connectivity index (χ2n) is 5.90. The summed E-state index contributed by atoms with van der Waals surface area (Å²) >= 11 is 0. The predicted octanol–water partition coefficient (Wildman–Crippen LogP) is 3.13. The Bertz CT molecular complexity index is 498. The Balaban J connectivity index is 2.28. The lowest BCUT2D eigenvalue weighted by Gasteiger charge is -2.34. The van der Waals surface area contributed by atoms with Crippen molar-refractivity contribution in [2.24, 2.45) is 18.9 Å². The van der Waals surface area contributed by atoms with E-state index in [0.717, 1.165) is 6.42 Å². The molecule has 1 fully saturated rings. The van der Waals surface area contributed by atoms with Crippen LogP contribution in [0.15, 0.2) is 0 Å². The van der Waals surface area contributed by atoms with E-state index < -0.39 is 0 Å². The lowest BCUT2D eigenvalue weighted by molar-refractivity contribution is -0.384. The average Bonchev–Trinajstić information content (AvgIpc) is 2.72. The summed E-state index contributed by atoms with van der Waals surface area (Å²) in [5.74, 6) is 1.72. The van der Waals surface area contributed by atoms with Crippen LogP contribution >= 0.6 is 0 Å². The first-order chi connectivity index (χ1) is 9.45. The molecule has 0 amide bonds. The number of nitrogens with zero attached hydrogens (tertiary/aromatic N) is 3. The molecular weight excluding hydrogens is 256 g/mol. The van der Waals surface area contributed by atoms with Crippen molar-refractivity contribution in [2.75, 3.05) is 5.32 Å². The number of aromatic nitrogens is 2. The monoisotopic (exact) mass is 280 g/mol.